The number of benzene rings is 1. The number of hydrazone groups is 1. The fourth-order valence-electron chi connectivity index (χ4n) is 1.27. The third-order valence-corrected chi connectivity index (χ3v) is 2.21. The van der Waals surface area contributed by atoms with Crippen LogP contribution in [0.1, 0.15) is 10.4 Å². The maximum atomic E-state index is 11.9. The van der Waals surface area contributed by atoms with Crippen LogP contribution in [0.15, 0.2) is 29.4 Å². The SMILES string of the molecule is CN(C)C(=O)c1ccccc1N/N=C(\C#N)C(=N)N. The highest BCUT2D eigenvalue weighted by molar-refractivity contribution is 6.45. The van der Waals surface area contributed by atoms with Crippen molar-refractivity contribution in [1.82, 2.24) is 4.90 Å². The third kappa shape index (κ3) is 3.54. The van der Waals surface area contributed by atoms with Gasteiger partial charge in [0.25, 0.3) is 5.91 Å². The molecule has 0 aliphatic carbocycles. The zero-order valence-electron chi connectivity index (χ0n) is 10.6. The molecule has 0 bridgehead atoms. The molecule has 0 radical (unpaired) electrons. The van der Waals surface area contributed by atoms with Crippen LogP contribution in [0.25, 0.3) is 0 Å². The first kappa shape index (κ1) is 14.2. The van der Waals surface area contributed by atoms with Gasteiger partial charge in [0.15, 0.2) is 5.84 Å². The van der Waals surface area contributed by atoms with E-state index in [1.807, 2.05) is 0 Å². The van der Waals surface area contributed by atoms with E-state index in [0.29, 0.717) is 11.3 Å². The van der Waals surface area contributed by atoms with E-state index in [-0.39, 0.29) is 11.6 Å². The van der Waals surface area contributed by atoms with Crippen molar-refractivity contribution in [1.29, 1.82) is 10.7 Å². The highest BCUT2D eigenvalue weighted by Gasteiger charge is 2.12. The van der Waals surface area contributed by atoms with Gasteiger partial charge in [0, 0.05) is 14.1 Å². The Balaban J connectivity index is 3.07. The highest BCUT2D eigenvalue weighted by Crippen LogP contribution is 2.16. The van der Waals surface area contributed by atoms with Gasteiger partial charge in [0.2, 0.25) is 5.71 Å². The van der Waals surface area contributed by atoms with Gasteiger partial charge in [-0.1, -0.05) is 12.1 Å². The van der Waals surface area contributed by atoms with E-state index in [9.17, 15) is 4.79 Å². The normalized spacial score (nSPS) is 10.5. The summed E-state index contributed by atoms with van der Waals surface area (Å²) in [5.74, 6) is -0.633. The number of rotatable bonds is 4. The number of anilines is 1. The molecule has 1 aromatic rings. The molecular weight excluding hydrogens is 244 g/mol. The van der Waals surface area contributed by atoms with Crippen molar-refractivity contribution >= 4 is 23.1 Å². The summed E-state index contributed by atoms with van der Waals surface area (Å²) < 4.78 is 0. The largest absolute Gasteiger partial charge is 0.382 e. The van der Waals surface area contributed by atoms with Crippen LogP contribution in [0.2, 0.25) is 0 Å². The third-order valence-electron chi connectivity index (χ3n) is 2.21. The van der Waals surface area contributed by atoms with Gasteiger partial charge >= 0.3 is 0 Å². The second-order valence-corrected chi connectivity index (χ2v) is 3.84. The summed E-state index contributed by atoms with van der Waals surface area (Å²) >= 11 is 0. The molecule has 4 N–H and O–H groups in total. The maximum absolute atomic E-state index is 11.9. The topological polar surface area (TPSA) is 118 Å². The van der Waals surface area contributed by atoms with Gasteiger partial charge in [-0.3, -0.25) is 15.6 Å². The molecule has 0 unspecified atom stereocenters. The van der Waals surface area contributed by atoms with Crippen LogP contribution in [0.4, 0.5) is 5.69 Å². The first-order valence-corrected chi connectivity index (χ1v) is 5.36. The average molecular weight is 258 g/mol. The number of carbonyl (C=O) groups is 1. The predicted molar refractivity (Wildman–Crippen MR) is 73.0 cm³/mol. The molecule has 0 heterocycles. The van der Waals surface area contributed by atoms with E-state index in [4.69, 9.17) is 16.4 Å². The predicted octanol–water partition coefficient (Wildman–Crippen LogP) is 0.616. The zero-order chi connectivity index (χ0) is 14.4. The summed E-state index contributed by atoms with van der Waals surface area (Å²) in [5, 5.41) is 19.6. The summed E-state index contributed by atoms with van der Waals surface area (Å²) in [6, 6.07) is 8.42. The van der Waals surface area contributed by atoms with Crippen molar-refractivity contribution in [3.8, 4) is 6.07 Å². The van der Waals surface area contributed by atoms with Crippen LogP contribution < -0.4 is 11.2 Å². The Morgan fingerprint density at radius 3 is 2.63 bits per heavy atom. The van der Waals surface area contributed by atoms with Gasteiger partial charge < -0.3 is 10.6 Å². The number of carbonyl (C=O) groups excluding carboxylic acids is 1. The molecular formula is C12H14N6O. The number of nitriles is 1. The van der Waals surface area contributed by atoms with Gasteiger partial charge in [-0.2, -0.15) is 10.4 Å². The first-order chi connectivity index (χ1) is 8.97. The van der Waals surface area contributed by atoms with E-state index in [1.165, 1.54) is 4.90 Å². The summed E-state index contributed by atoms with van der Waals surface area (Å²) in [6.07, 6.45) is 0. The Hall–Kier alpha value is -2.88. The molecule has 0 aliphatic heterocycles. The van der Waals surface area contributed by atoms with E-state index >= 15 is 0 Å². The number of hydrogen-bond donors (Lipinski definition) is 3. The number of nitrogens with two attached hydrogens (primary N) is 1. The van der Waals surface area contributed by atoms with E-state index in [2.05, 4.69) is 10.5 Å². The van der Waals surface area contributed by atoms with Gasteiger partial charge in [0.1, 0.15) is 6.07 Å². The summed E-state index contributed by atoms with van der Waals surface area (Å²) in [4.78, 5) is 13.3. The van der Waals surface area contributed by atoms with Crippen molar-refractivity contribution in [2.75, 3.05) is 19.5 Å². The molecule has 0 aromatic heterocycles. The number of para-hydroxylation sites is 1. The van der Waals surface area contributed by atoms with Crippen LogP contribution in [0, 0.1) is 16.7 Å². The van der Waals surface area contributed by atoms with Crippen LogP contribution in [-0.4, -0.2) is 36.4 Å². The molecule has 1 rings (SSSR count). The molecule has 0 atom stereocenters. The smallest absolute Gasteiger partial charge is 0.255 e. The Morgan fingerprint density at radius 2 is 2.11 bits per heavy atom. The lowest BCUT2D eigenvalue weighted by Gasteiger charge is -2.13. The fourth-order valence-corrected chi connectivity index (χ4v) is 1.27. The van der Waals surface area contributed by atoms with Crippen molar-refractivity contribution < 1.29 is 4.79 Å². The lowest BCUT2D eigenvalue weighted by atomic mass is 10.1. The van der Waals surface area contributed by atoms with E-state index < -0.39 is 5.84 Å². The molecule has 0 aliphatic rings. The Labute approximate surface area is 110 Å². The van der Waals surface area contributed by atoms with Crippen molar-refractivity contribution in [3.05, 3.63) is 29.8 Å². The molecule has 0 spiro atoms. The summed E-state index contributed by atoms with van der Waals surface area (Å²) in [5.41, 5.74) is 8.36. The van der Waals surface area contributed by atoms with Gasteiger partial charge in [-0.15, -0.1) is 0 Å². The molecule has 7 nitrogen and oxygen atoms in total. The van der Waals surface area contributed by atoms with Gasteiger partial charge in [0.05, 0.1) is 11.3 Å². The Bertz CT molecular complexity index is 570. The molecule has 98 valence electrons. The van der Waals surface area contributed by atoms with Gasteiger partial charge in [-0.05, 0) is 12.1 Å². The molecule has 0 saturated heterocycles. The summed E-state index contributed by atoms with van der Waals surface area (Å²) in [7, 11) is 3.28. The lowest BCUT2D eigenvalue weighted by Crippen LogP contribution is -2.24. The fraction of sp³-hybridized carbons (Fsp3) is 0.167. The lowest BCUT2D eigenvalue weighted by molar-refractivity contribution is 0.0828. The van der Waals surface area contributed by atoms with Crippen LogP contribution in [0.3, 0.4) is 0 Å². The van der Waals surface area contributed by atoms with E-state index in [0.717, 1.165) is 0 Å². The molecule has 1 amide bonds. The number of amidine groups is 1. The minimum atomic E-state index is -0.439. The summed E-state index contributed by atoms with van der Waals surface area (Å²) in [6.45, 7) is 0. The Morgan fingerprint density at radius 1 is 1.47 bits per heavy atom. The molecule has 7 heteroatoms. The maximum Gasteiger partial charge on any atom is 0.255 e. The van der Waals surface area contributed by atoms with Crippen molar-refractivity contribution in [2.24, 2.45) is 10.8 Å². The second-order valence-electron chi connectivity index (χ2n) is 3.84. The standard InChI is InChI=1S/C12H14N6O/c1-18(2)12(19)8-5-3-4-6-9(8)16-17-10(7-13)11(14)15/h3-6,16H,1-2H3,(H3,14,15)/b17-10+. The first-order valence-electron chi connectivity index (χ1n) is 5.36. The van der Waals surface area contributed by atoms with Crippen LogP contribution in [0.5, 0.6) is 0 Å². The van der Waals surface area contributed by atoms with Crippen molar-refractivity contribution in [2.45, 2.75) is 0 Å². The molecule has 0 saturated carbocycles. The average Bonchev–Trinajstić information content (AvgIpc) is 2.38. The van der Waals surface area contributed by atoms with E-state index in [1.54, 1.807) is 44.4 Å². The second kappa shape index (κ2) is 6.16. The van der Waals surface area contributed by atoms with Crippen molar-refractivity contribution in [3.63, 3.8) is 0 Å². The molecule has 1 aromatic carbocycles. The number of amides is 1. The van der Waals surface area contributed by atoms with Crippen LogP contribution >= 0.6 is 0 Å². The number of nitrogens with zero attached hydrogens (tertiary/aromatic N) is 3. The monoisotopic (exact) mass is 258 g/mol. The Kier molecular flexibility index (Phi) is 4.60. The number of hydrogen-bond acceptors (Lipinski definition) is 5. The minimum absolute atomic E-state index is 0.195. The zero-order valence-corrected chi connectivity index (χ0v) is 10.6. The molecule has 19 heavy (non-hydrogen) atoms. The van der Waals surface area contributed by atoms with Gasteiger partial charge in [-0.25, -0.2) is 0 Å². The molecule has 0 fully saturated rings. The quantitative estimate of drug-likeness (QED) is 0.416. The number of nitrogens with one attached hydrogen (secondary N) is 2. The minimum Gasteiger partial charge on any atom is -0.382 e. The van der Waals surface area contributed by atoms with Crippen LogP contribution in [-0.2, 0) is 0 Å². The highest BCUT2D eigenvalue weighted by atomic mass is 16.2.